The number of amides is 1. The van der Waals surface area contributed by atoms with Crippen LogP contribution in [0.25, 0.3) is 11.3 Å². The SMILES string of the molecule is CC(C)(C)OC(=O)N1CCC[C@H]1c1nc2c([nH]1)CCc1cc(OS(=O)(=O)C(F)(F)F)ccc1-2. The smallest absolute Gasteiger partial charge is 0.444 e. The maximum atomic E-state index is 12.6. The van der Waals surface area contributed by atoms with Crippen LogP contribution in [0.4, 0.5) is 18.0 Å². The van der Waals surface area contributed by atoms with Gasteiger partial charge in [-0.1, -0.05) is 0 Å². The molecule has 2 heterocycles. The van der Waals surface area contributed by atoms with Gasteiger partial charge >= 0.3 is 21.7 Å². The zero-order valence-electron chi connectivity index (χ0n) is 18.3. The molecule has 2 aliphatic rings. The molecule has 0 radical (unpaired) electrons. The van der Waals surface area contributed by atoms with Crippen molar-refractivity contribution in [3.8, 4) is 17.0 Å². The Balaban J connectivity index is 1.59. The summed E-state index contributed by atoms with van der Waals surface area (Å²) in [5, 5.41) is 0. The molecule has 1 saturated heterocycles. The molecule has 2 aromatic rings. The summed E-state index contributed by atoms with van der Waals surface area (Å²) in [4.78, 5) is 22.3. The van der Waals surface area contributed by atoms with E-state index in [-0.39, 0.29) is 6.04 Å². The van der Waals surface area contributed by atoms with Gasteiger partial charge in [0.05, 0.1) is 11.7 Å². The standard InChI is InChI=1S/C21H24F3N3O5S/c1-20(2,3)31-19(28)27-10-4-5-16(27)18-25-15-9-6-12-11-13(7-8-14(12)17(15)26-18)32-33(29,30)21(22,23)24/h7-8,11,16H,4-6,9-10H2,1-3H3,(H,25,26)/t16-/m0/s1. The number of carbonyl (C=O) groups excluding carboxylic acids is 1. The number of benzene rings is 1. The average Bonchev–Trinajstić information content (AvgIpc) is 3.32. The molecule has 0 saturated carbocycles. The number of fused-ring (bicyclic) bond motifs is 3. The Hall–Kier alpha value is -2.76. The van der Waals surface area contributed by atoms with Crippen LogP contribution < -0.4 is 4.18 Å². The second-order valence-electron chi connectivity index (χ2n) is 9.08. The average molecular weight is 488 g/mol. The van der Waals surface area contributed by atoms with Crippen LogP contribution >= 0.6 is 0 Å². The van der Waals surface area contributed by atoms with Crippen LogP contribution in [0.1, 0.15) is 56.7 Å². The lowest BCUT2D eigenvalue weighted by Crippen LogP contribution is -2.36. The van der Waals surface area contributed by atoms with Gasteiger partial charge in [0, 0.05) is 17.8 Å². The van der Waals surface area contributed by atoms with Gasteiger partial charge in [0.2, 0.25) is 0 Å². The highest BCUT2D eigenvalue weighted by Gasteiger charge is 2.48. The Morgan fingerprint density at radius 3 is 2.61 bits per heavy atom. The van der Waals surface area contributed by atoms with Gasteiger partial charge in [0.25, 0.3) is 0 Å². The van der Waals surface area contributed by atoms with E-state index < -0.39 is 33.1 Å². The topological polar surface area (TPSA) is 102 Å². The van der Waals surface area contributed by atoms with Gasteiger partial charge in [-0.05, 0) is 70.2 Å². The zero-order valence-corrected chi connectivity index (χ0v) is 19.1. The summed E-state index contributed by atoms with van der Waals surface area (Å²) >= 11 is 0. The summed E-state index contributed by atoms with van der Waals surface area (Å²) in [5.74, 6) is 0.216. The van der Waals surface area contributed by atoms with E-state index in [2.05, 4.69) is 9.17 Å². The molecule has 1 aliphatic heterocycles. The number of rotatable bonds is 3. The lowest BCUT2D eigenvalue weighted by molar-refractivity contribution is -0.0500. The molecule has 12 heteroatoms. The first kappa shape index (κ1) is 23.4. The Morgan fingerprint density at radius 2 is 1.94 bits per heavy atom. The zero-order chi connectivity index (χ0) is 24.2. The fourth-order valence-electron chi connectivity index (χ4n) is 4.07. The van der Waals surface area contributed by atoms with Crippen LogP contribution in [0.5, 0.6) is 5.75 Å². The monoisotopic (exact) mass is 487 g/mol. The second kappa shape index (κ2) is 7.93. The van der Waals surface area contributed by atoms with Crippen LogP contribution in [0, 0.1) is 0 Å². The van der Waals surface area contributed by atoms with Crippen molar-refractivity contribution in [2.45, 2.75) is 63.6 Å². The number of hydrogen-bond donors (Lipinski definition) is 1. The van der Waals surface area contributed by atoms with Gasteiger partial charge in [-0.2, -0.15) is 21.6 Å². The van der Waals surface area contributed by atoms with Crippen molar-refractivity contribution >= 4 is 16.2 Å². The lowest BCUT2D eigenvalue weighted by atomic mass is 9.92. The van der Waals surface area contributed by atoms with Crippen LogP contribution in [0.3, 0.4) is 0 Å². The molecule has 4 rings (SSSR count). The minimum atomic E-state index is -5.74. The third kappa shape index (κ3) is 4.66. The fourth-order valence-corrected chi connectivity index (χ4v) is 4.53. The van der Waals surface area contributed by atoms with Crippen molar-refractivity contribution in [3.05, 3.63) is 35.3 Å². The number of aryl methyl sites for hydroxylation is 2. The fraction of sp³-hybridized carbons (Fsp3) is 0.524. The highest BCUT2D eigenvalue weighted by atomic mass is 32.2. The number of nitrogens with one attached hydrogen (secondary N) is 1. The number of alkyl halides is 3. The lowest BCUT2D eigenvalue weighted by Gasteiger charge is -2.27. The summed E-state index contributed by atoms with van der Waals surface area (Å²) in [6, 6.07) is 3.69. The van der Waals surface area contributed by atoms with Gasteiger partial charge < -0.3 is 13.9 Å². The maximum absolute atomic E-state index is 12.6. The minimum Gasteiger partial charge on any atom is -0.444 e. The number of nitrogens with zero attached hydrogens (tertiary/aromatic N) is 2. The van der Waals surface area contributed by atoms with Crippen molar-refractivity contribution in [1.29, 1.82) is 0 Å². The molecule has 0 unspecified atom stereocenters. The van der Waals surface area contributed by atoms with E-state index in [1.54, 1.807) is 25.7 Å². The summed E-state index contributed by atoms with van der Waals surface area (Å²) in [5.41, 5.74) is -3.33. The maximum Gasteiger partial charge on any atom is 0.534 e. The molecule has 0 bridgehead atoms. The number of aromatic nitrogens is 2. The van der Waals surface area contributed by atoms with E-state index >= 15 is 0 Å². The molecule has 180 valence electrons. The molecule has 1 aliphatic carbocycles. The van der Waals surface area contributed by atoms with Gasteiger partial charge in [0.15, 0.2) is 0 Å². The van der Waals surface area contributed by atoms with Crippen molar-refractivity contribution in [2.24, 2.45) is 0 Å². The largest absolute Gasteiger partial charge is 0.534 e. The van der Waals surface area contributed by atoms with Gasteiger partial charge in [-0.15, -0.1) is 0 Å². The van der Waals surface area contributed by atoms with Crippen molar-refractivity contribution in [1.82, 2.24) is 14.9 Å². The summed E-state index contributed by atoms with van der Waals surface area (Å²) in [6.45, 7) is 5.96. The summed E-state index contributed by atoms with van der Waals surface area (Å²) < 4.78 is 70.2. The molecule has 1 fully saturated rings. The number of hydrogen-bond acceptors (Lipinski definition) is 6. The first-order chi connectivity index (χ1) is 15.2. The van der Waals surface area contributed by atoms with E-state index in [1.807, 2.05) is 0 Å². The quantitative estimate of drug-likeness (QED) is 0.506. The molecule has 1 amide bonds. The van der Waals surface area contributed by atoms with Gasteiger partial charge in [-0.3, -0.25) is 4.90 Å². The normalized spacial score (nSPS) is 18.6. The van der Waals surface area contributed by atoms with Crippen LogP contribution in [-0.2, 0) is 27.7 Å². The molecule has 1 aromatic carbocycles. The van der Waals surface area contributed by atoms with E-state index in [4.69, 9.17) is 9.72 Å². The number of aromatic amines is 1. The van der Waals surface area contributed by atoms with Gasteiger partial charge in [-0.25, -0.2) is 9.78 Å². The molecular formula is C21H24F3N3O5S. The van der Waals surface area contributed by atoms with E-state index in [0.29, 0.717) is 42.0 Å². The summed E-state index contributed by atoms with van der Waals surface area (Å²) in [6.07, 6.45) is 2.12. The summed E-state index contributed by atoms with van der Waals surface area (Å²) in [7, 11) is -5.74. The number of carbonyl (C=O) groups is 1. The molecule has 33 heavy (non-hydrogen) atoms. The third-order valence-electron chi connectivity index (χ3n) is 5.46. The second-order valence-corrected chi connectivity index (χ2v) is 10.6. The molecule has 1 aromatic heterocycles. The van der Waals surface area contributed by atoms with Crippen LogP contribution in [0.2, 0.25) is 0 Å². The van der Waals surface area contributed by atoms with Gasteiger partial charge in [0.1, 0.15) is 17.2 Å². The Morgan fingerprint density at radius 1 is 1.21 bits per heavy atom. The predicted octanol–water partition coefficient (Wildman–Crippen LogP) is 4.48. The molecule has 0 spiro atoms. The molecule has 1 N–H and O–H groups in total. The van der Waals surface area contributed by atoms with Crippen molar-refractivity contribution < 1.29 is 35.3 Å². The van der Waals surface area contributed by atoms with E-state index in [9.17, 15) is 26.4 Å². The van der Waals surface area contributed by atoms with Crippen molar-refractivity contribution in [3.63, 3.8) is 0 Å². The number of imidazole rings is 1. The van der Waals surface area contributed by atoms with E-state index in [1.165, 1.54) is 18.2 Å². The number of H-pyrrole nitrogens is 1. The van der Waals surface area contributed by atoms with Crippen LogP contribution in [-0.4, -0.2) is 47.0 Å². The third-order valence-corrected chi connectivity index (χ3v) is 6.44. The molecular weight excluding hydrogens is 463 g/mol. The Labute approximate surface area is 189 Å². The highest BCUT2D eigenvalue weighted by molar-refractivity contribution is 7.88. The number of likely N-dealkylation sites (tertiary alicyclic amines) is 1. The molecule has 8 nitrogen and oxygen atoms in total. The first-order valence-corrected chi connectivity index (χ1v) is 11.9. The van der Waals surface area contributed by atoms with Crippen LogP contribution in [0.15, 0.2) is 18.2 Å². The Kier molecular flexibility index (Phi) is 5.62. The minimum absolute atomic E-state index is 0.270. The number of halogens is 3. The predicted molar refractivity (Wildman–Crippen MR) is 112 cm³/mol. The number of ether oxygens (including phenoxy) is 1. The highest BCUT2D eigenvalue weighted by Crippen LogP contribution is 2.39. The Bertz CT molecular complexity index is 1180. The first-order valence-electron chi connectivity index (χ1n) is 10.5. The molecule has 1 atom stereocenters. The van der Waals surface area contributed by atoms with E-state index in [0.717, 1.165) is 18.5 Å². The van der Waals surface area contributed by atoms with Crippen molar-refractivity contribution in [2.75, 3.05) is 6.54 Å².